The Bertz CT molecular complexity index is 1270. The molecule has 210 valence electrons. The normalized spacial score (nSPS) is 17.9. The highest BCUT2D eigenvalue weighted by atomic mass is 19.3. The summed E-state index contributed by atoms with van der Waals surface area (Å²) in [5.74, 6) is -8.47. The maximum atomic E-state index is 14.8. The average molecular weight is 553 g/mol. The van der Waals surface area contributed by atoms with Crippen LogP contribution in [0.1, 0.15) is 80.9 Å². The number of rotatable bonds is 9. The van der Waals surface area contributed by atoms with Crippen LogP contribution in [0.5, 0.6) is 5.75 Å². The Morgan fingerprint density at radius 2 is 1.38 bits per heavy atom. The second-order valence-corrected chi connectivity index (χ2v) is 10.4. The molecule has 0 bridgehead atoms. The Morgan fingerprint density at radius 3 is 1.97 bits per heavy atom. The van der Waals surface area contributed by atoms with Gasteiger partial charge in [0.05, 0.1) is 0 Å². The van der Waals surface area contributed by atoms with E-state index in [9.17, 15) is 30.7 Å². The molecule has 0 heterocycles. The molecule has 1 aliphatic rings. The number of alkyl halides is 2. The summed E-state index contributed by atoms with van der Waals surface area (Å²) < 4.78 is 104. The van der Waals surface area contributed by atoms with Gasteiger partial charge in [0.25, 0.3) is 0 Å². The van der Waals surface area contributed by atoms with Crippen LogP contribution in [0.15, 0.2) is 42.5 Å². The predicted molar refractivity (Wildman–Crippen MR) is 136 cm³/mol. The van der Waals surface area contributed by atoms with E-state index in [-0.39, 0.29) is 11.6 Å². The van der Waals surface area contributed by atoms with Gasteiger partial charge in [-0.15, -0.1) is 0 Å². The minimum atomic E-state index is -4.63. The van der Waals surface area contributed by atoms with E-state index in [0.29, 0.717) is 11.5 Å². The van der Waals surface area contributed by atoms with Gasteiger partial charge < -0.3 is 4.74 Å². The Labute approximate surface area is 224 Å². The highest BCUT2D eigenvalue weighted by molar-refractivity contribution is 5.64. The molecule has 0 radical (unpaired) electrons. The molecule has 39 heavy (non-hydrogen) atoms. The molecule has 0 atom stereocenters. The second kappa shape index (κ2) is 12.0. The molecule has 0 N–H and O–H groups in total. The molecule has 1 aliphatic carbocycles. The standard InChI is InChI=1S/C31H31F7O/c1-3-4-5-6-19-7-9-20(10-8-19)21-11-13-22(14-12-21)23-15-24(32)28(25(33)16-23)31(37,38)39-27-17-26(34)30(36)29(35)18(27)2/h11-17,19-20H,3-10H2,1-2H3. The largest absolute Gasteiger partial charge is 0.432 e. The van der Waals surface area contributed by atoms with Crippen LogP contribution in [-0.4, -0.2) is 0 Å². The lowest BCUT2D eigenvalue weighted by molar-refractivity contribution is -0.190. The van der Waals surface area contributed by atoms with Crippen LogP contribution in [-0.2, 0) is 6.11 Å². The zero-order chi connectivity index (χ0) is 28.3. The third kappa shape index (κ3) is 6.42. The molecular weight excluding hydrogens is 521 g/mol. The molecule has 1 nitrogen and oxygen atoms in total. The summed E-state index contributed by atoms with van der Waals surface area (Å²) in [6.07, 6.45) is 4.93. The molecular formula is C31H31F7O. The minimum Gasteiger partial charge on any atom is -0.428 e. The summed E-state index contributed by atoms with van der Waals surface area (Å²) in [5, 5.41) is 0. The average Bonchev–Trinajstić information content (AvgIpc) is 2.90. The van der Waals surface area contributed by atoms with Crippen LogP contribution in [0, 0.1) is 41.9 Å². The first-order valence-electron chi connectivity index (χ1n) is 13.3. The van der Waals surface area contributed by atoms with Crippen LogP contribution in [0.2, 0.25) is 0 Å². The molecule has 1 fully saturated rings. The summed E-state index contributed by atoms with van der Waals surface area (Å²) in [6, 6.07) is 8.93. The van der Waals surface area contributed by atoms with Crippen molar-refractivity contribution in [2.24, 2.45) is 5.92 Å². The fourth-order valence-corrected chi connectivity index (χ4v) is 5.39. The summed E-state index contributed by atoms with van der Waals surface area (Å²) in [6.45, 7) is 3.08. The van der Waals surface area contributed by atoms with E-state index >= 15 is 0 Å². The second-order valence-electron chi connectivity index (χ2n) is 10.4. The first-order valence-corrected chi connectivity index (χ1v) is 13.3. The molecule has 0 amide bonds. The van der Waals surface area contributed by atoms with E-state index in [1.165, 1.54) is 38.5 Å². The highest BCUT2D eigenvalue weighted by Gasteiger charge is 2.42. The smallest absolute Gasteiger partial charge is 0.428 e. The number of ether oxygens (including phenoxy) is 1. The zero-order valence-corrected chi connectivity index (χ0v) is 21.9. The zero-order valence-electron chi connectivity index (χ0n) is 21.9. The quantitative estimate of drug-likeness (QED) is 0.146. The Hall–Kier alpha value is -3.03. The Balaban J connectivity index is 1.49. The molecule has 0 unspecified atom stereocenters. The van der Waals surface area contributed by atoms with Crippen molar-refractivity contribution in [1.82, 2.24) is 0 Å². The third-order valence-corrected chi connectivity index (χ3v) is 7.71. The first-order chi connectivity index (χ1) is 18.5. The van der Waals surface area contributed by atoms with Crippen molar-refractivity contribution in [2.45, 2.75) is 77.2 Å². The lowest BCUT2D eigenvalue weighted by Gasteiger charge is -2.29. The summed E-state index contributed by atoms with van der Waals surface area (Å²) in [4.78, 5) is 0. The van der Waals surface area contributed by atoms with Crippen LogP contribution < -0.4 is 4.74 Å². The van der Waals surface area contributed by atoms with Gasteiger partial charge in [0.15, 0.2) is 17.5 Å². The molecule has 3 aromatic rings. The predicted octanol–water partition coefficient (Wildman–Crippen LogP) is 10.3. The lowest BCUT2D eigenvalue weighted by atomic mass is 9.77. The van der Waals surface area contributed by atoms with Gasteiger partial charge in [0.1, 0.15) is 22.9 Å². The number of hydrogen-bond donors (Lipinski definition) is 0. The van der Waals surface area contributed by atoms with Gasteiger partial charge in [-0.2, -0.15) is 8.78 Å². The molecule has 3 aromatic carbocycles. The molecule has 8 heteroatoms. The minimum absolute atomic E-state index is 0.0470. The SMILES string of the molecule is CCCCCC1CCC(c2ccc(-c3cc(F)c(C(F)(F)Oc4cc(F)c(F)c(F)c4C)c(F)c3)cc2)CC1. The fourth-order valence-electron chi connectivity index (χ4n) is 5.39. The van der Waals surface area contributed by atoms with Crippen molar-refractivity contribution in [3.8, 4) is 16.9 Å². The van der Waals surface area contributed by atoms with E-state index in [4.69, 9.17) is 0 Å². The Morgan fingerprint density at radius 1 is 0.769 bits per heavy atom. The van der Waals surface area contributed by atoms with E-state index in [0.717, 1.165) is 43.4 Å². The number of benzene rings is 3. The van der Waals surface area contributed by atoms with Gasteiger partial charge >= 0.3 is 6.11 Å². The van der Waals surface area contributed by atoms with Gasteiger partial charge in [0.2, 0.25) is 0 Å². The molecule has 0 spiro atoms. The topological polar surface area (TPSA) is 9.23 Å². The number of halogens is 7. The Kier molecular flexibility index (Phi) is 8.92. The van der Waals surface area contributed by atoms with Crippen molar-refractivity contribution < 1.29 is 35.5 Å². The summed E-state index contributed by atoms with van der Waals surface area (Å²) in [5.41, 5.74) is -0.860. The molecule has 4 rings (SSSR count). The molecule has 0 aromatic heterocycles. The van der Waals surface area contributed by atoms with E-state index in [1.807, 2.05) is 12.1 Å². The van der Waals surface area contributed by atoms with Gasteiger partial charge in [0, 0.05) is 11.6 Å². The van der Waals surface area contributed by atoms with Crippen LogP contribution in [0.4, 0.5) is 30.7 Å². The van der Waals surface area contributed by atoms with E-state index in [2.05, 4.69) is 11.7 Å². The highest BCUT2D eigenvalue weighted by Crippen LogP contribution is 2.40. The summed E-state index contributed by atoms with van der Waals surface area (Å²) in [7, 11) is 0. The van der Waals surface area contributed by atoms with E-state index in [1.54, 1.807) is 12.1 Å². The van der Waals surface area contributed by atoms with E-state index < -0.39 is 52.1 Å². The number of unbranched alkanes of at least 4 members (excludes halogenated alkanes) is 2. The first kappa shape index (κ1) is 29.0. The van der Waals surface area contributed by atoms with Crippen LogP contribution in [0.25, 0.3) is 11.1 Å². The van der Waals surface area contributed by atoms with Gasteiger partial charge in [-0.25, -0.2) is 22.0 Å². The molecule has 1 saturated carbocycles. The van der Waals surface area contributed by atoms with Gasteiger partial charge in [-0.1, -0.05) is 56.9 Å². The van der Waals surface area contributed by atoms with Crippen LogP contribution >= 0.6 is 0 Å². The fraction of sp³-hybridized carbons (Fsp3) is 0.419. The molecule has 0 aliphatic heterocycles. The van der Waals surface area contributed by atoms with Crippen molar-refractivity contribution in [1.29, 1.82) is 0 Å². The van der Waals surface area contributed by atoms with Crippen molar-refractivity contribution in [3.05, 3.63) is 88.2 Å². The van der Waals surface area contributed by atoms with Gasteiger partial charge in [-0.3, -0.25) is 0 Å². The van der Waals surface area contributed by atoms with Crippen molar-refractivity contribution in [3.63, 3.8) is 0 Å². The lowest BCUT2D eigenvalue weighted by Crippen LogP contribution is -2.26. The number of hydrogen-bond acceptors (Lipinski definition) is 1. The van der Waals surface area contributed by atoms with Crippen molar-refractivity contribution in [2.75, 3.05) is 0 Å². The maximum absolute atomic E-state index is 14.8. The van der Waals surface area contributed by atoms with Crippen molar-refractivity contribution >= 4 is 0 Å². The third-order valence-electron chi connectivity index (χ3n) is 7.71. The van der Waals surface area contributed by atoms with Gasteiger partial charge in [-0.05, 0) is 73.3 Å². The maximum Gasteiger partial charge on any atom is 0.432 e. The molecule has 0 saturated heterocycles. The summed E-state index contributed by atoms with van der Waals surface area (Å²) >= 11 is 0. The van der Waals surface area contributed by atoms with Crippen LogP contribution in [0.3, 0.4) is 0 Å². The monoisotopic (exact) mass is 552 g/mol.